The molecule has 0 atom stereocenters. The zero-order valence-corrected chi connectivity index (χ0v) is 20.9. The summed E-state index contributed by atoms with van der Waals surface area (Å²) in [6.07, 6.45) is 1.62. The zero-order valence-electron chi connectivity index (χ0n) is 18.6. The van der Waals surface area contributed by atoms with Crippen molar-refractivity contribution in [2.45, 2.75) is 20.1 Å². The summed E-state index contributed by atoms with van der Waals surface area (Å²) in [5.74, 6) is 0.646. The molecule has 3 amide bonds. The number of hydrogen-bond acceptors (Lipinski definition) is 4. The van der Waals surface area contributed by atoms with Gasteiger partial charge in [-0.2, -0.15) is 0 Å². The Morgan fingerprint density at radius 3 is 2.50 bits per heavy atom. The van der Waals surface area contributed by atoms with E-state index in [0.717, 1.165) is 16.7 Å². The lowest BCUT2D eigenvalue weighted by molar-refractivity contribution is -0.123. The van der Waals surface area contributed by atoms with E-state index in [1.54, 1.807) is 37.5 Å². The van der Waals surface area contributed by atoms with Crippen LogP contribution in [0.2, 0.25) is 5.02 Å². The largest absolute Gasteiger partial charge is 0.493 e. The minimum atomic E-state index is -0.455. The number of aryl methyl sites for hydroxylation is 1. The van der Waals surface area contributed by atoms with E-state index in [-0.39, 0.29) is 18.1 Å². The topological polar surface area (TPSA) is 67.9 Å². The summed E-state index contributed by atoms with van der Waals surface area (Å²) in [5.41, 5.74) is 3.76. The molecular weight excluding hydrogens is 520 g/mol. The van der Waals surface area contributed by atoms with Crippen LogP contribution in [-0.4, -0.2) is 23.9 Å². The summed E-state index contributed by atoms with van der Waals surface area (Å²) in [7, 11) is 1.54. The van der Waals surface area contributed by atoms with E-state index in [4.69, 9.17) is 21.1 Å². The van der Waals surface area contributed by atoms with Crippen LogP contribution in [0.3, 0.4) is 0 Å². The lowest BCUT2D eigenvalue weighted by Gasteiger charge is -2.13. The molecule has 0 aliphatic carbocycles. The molecule has 0 spiro atoms. The highest BCUT2D eigenvalue weighted by atomic mass is 79.9. The van der Waals surface area contributed by atoms with E-state index in [0.29, 0.717) is 33.2 Å². The standard InChI is InChI=1S/C26H22BrClN2O4/c1-16-4-3-5-18(10-16)14-30-25(31)22(29-26(30)32)11-19-12-23(33-2)24(13-21(19)27)34-15-17-6-8-20(28)9-7-17/h3-13H,14-15H2,1-2H3,(H,29,32)/b22-11+. The number of hydrogen-bond donors (Lipinski definition) is 1. The summed E-state index contributed by atoms with van der Waals surface area (Å²) in [4.78, 5) is 26.6. The Kier molecular flexibility index (Phi) is 7.24. The van der Waals surface area contributed by atoms with E-state index >= 15 is 0 Å². The number of carbonyl (C=O) groups is 2. The van der Waals surface area contributed by atoms with Gasteiger partial charge in [-0.25, -0.2) is 4.79 Å². The molecule has 34 heavy (non-hydrogen) atoms. The maximum Gasteiger partial charge on any atom is 0.329 e. The third-order valence-electron chi connectivity index (χ3n) is 5.28. The molecule has 1 heterocycles. The average molecular weight is 542 g/mol. The smallest absolute Gasteiger partial charge is 0.329 e. The second-order valence-electron chi connectivity index (χ2n) is 7.81. The number of methoxy groups -OCH3 is 1. The number of halogens is 2. The number of benzene rings is 3. The summed E-state index contributed by atoms with van der Waals surface area (Å²) >= 11 is 9.46. The van der Waals surface area contributed by atoms with Crippen molar-refractivity contribution in [3.05, 3.63) is 98.1 Å². The van der Waals surface area contributed by atoms with E-state index in [1.165, 1.54) is 4.90 Å². The quantitative estimate of drug-likeness (QED) is 0.290. The van der Waals surface area contributed by atoms with Gasteiger partial charge in [-0.15, -0.1) is 0 Å². The third kappa shape index (κ3) is 5.43. The van der Waals surface area contributed by atoms with Crippen molar-refractivity contribution in [3.63, 3.8) is 0 Å². The van der Waals surface area contributed by atoms with Gasteiger partial charge in [0.25, 0.3) is 5.91 Å². The lowest BCUT2D eigenvalue weighted by atomic mass is 10.1. The van der Waals surface area contributed by atoms with Gasteiger partial charge in [-0.3, -0.25) is 9.69 Å². The van der Waals surface area contributed by atoms with Crippen LogP contribution in [0, 0.1) is 6.92 Å². The van der Waals surface area contributed by atoms with Crippen LogP contribution in [-0.2, 0) is 17.9 Å². The average Bonchev–Trinajstić information content (AvgIpc) is 3.07. The monoisotopic (exact) mass is 540 g/mol. The Morgan fingerprint density at radius 2 is 1.79 bits per heavy atom. The van der Waals surface area contributed by atoms with Crippen molar-refractivity contribution in [1.82, 2.24) is 10.2 Å². The molecule has 1 aliphatic rings. The highest BCUT2D eigenvalue weighted by molar-refractivity contribution is 9.10. The number of rotatable bonds is 7. The van der Waals surface area contributed by atoms with Gasteiger partial charge in [0.05, 0.1) is 13.7 Å². The summed E-state index contributed by atoms with van der Waals surface area (Å²) in [6, 6.07) is 18.2. The van der Waals surface area contributed by atoms with Crippen LogP contribution in [0.25, 0.3) is 6.08 Å². The van der Waals surface area contributed by atoms with E-state index in [1.807, 2.05) is 43.3 Å². The molecule has 6 nitrogen and oxygen atoms in total. The van der Waals surface area contributed by atoms with Gasteiger partial charge in [0.1, 0.15) is 12.3 Å². The molecule has 1 N–H and O–H groups in total. The molecule has 1 saturated heterocycles. The van der Waals surface area contributed by atoms with Crippen LogP contribution in [0.4, 0.5) is 4.79 Å². The van der Waals surface area contributed by atoms with E-state index in [9.17, 15) is 9.59 Å². The van der Waals surface area contributed by atoms with E-state index in [2.05, 4.69) is 21.2 Å². The molecule has 1 fully saturated rings. The van der Waals surface area contributed by atoms with Gasteiger partial charge >= 0.3 is 6.03 Å². The maximum atomic E-state index is 12.9. The number of amides is 3. The molecule has 1 aliphatic heterocycles. The number of ether oxygens (including phenoxy) is 2. The lowest BCUT2D eigenvalue weighted by Crippen LogP contribution is -2.30. The Hall–Kier alpha value is -3.29. The van der Waals surface area contributed by atoms with Crippen molar-refractivity contribution in [3.8, 4) is 11.5 Å². The number of nitrogens with zero attached hydrogens (tertiary/aromatic N) is 1. The fourth-order valence-corrected chi connectivity index (χ4v) is 4.10. The molecule has 0 radical (unpaired) electrons. The molecule has 3 aromatic rings. The molecule has 174 valence electrons. The van der Waals surface area contributed by atoms with Gasteiger partial charge in [0.15, 0.2) is 11.5 Å². The Bertz CT molecular complexity index is 1270. The van der Waals surface area contributed by atoms with Crippen molar-refractivity contribution < 1.29 is 19.1 Å². The molecule has 0 unspecified atom stereocenters. The van der Waals surface area contributed by atoms with Crippen molar-refractivity contribution >= 4 is 45.5 Å². The SMILES string of the molecule is COc1cc(/C=C2/NC(=O)N(Cc3cccc(C)c3)C2=O)c(Br)cc1OCc1ccc(Cl)cc1. The Morgan fingerprint density at radius 1 is 1.03 bits per heavy atom. The molecule has 0 bridgehead atoms. The fraction of sp³-hybridized carbons (Fsp3) is 0.154. The third-order valence-corrected chi connectivity index (χ3v) is 6.21. The summed E-state index contributed by atoms with van der Waals surface area (Å²) < 4.78 is 12.1. The van der Waals surface area contributed by atoms with Gasteiger partial charge in [-0.05, 0) is 54.0 Å². The predicted octanol–water partition coefficient (Wildman–Crippen LogP) is 6.09. The first kappa shape index (κ1) is 23.9. The molecular formula is C26H22BrClN2O4. The van der Waals surface area contributed by atoms with Crippen LogP contribution >= 0.6 is 27.5 Å². The first-order chi connectivity index (χ1) is 16.3. The molecule has 4 rings (SSSR count). The number of nitrogens with one attached hydrogen (secondary N) is 1. The van der Waals surface area contributed by atoms with Crippen LogP contribution in [0.1, 0.15) is 22.3 Å². The second-order valence-corrected chi connectivity index (χ2v) is 9.10. The predicted molar refractivity (Wildman–Crippen MR) is 135 cm³/mol. The van der Waals surface area contributed by atoms with Gasteiger partial charge < -0.3 is 14.8 Å². The van der Waals surface area contributed by atoms with Crippen molar-refractivity contribution in [2.75, 3.05) is 7.11 Å². The first-order valence-corrected chi connectivity index (χ1v) is 11.7. The molecule has 0 saturated carbocycles. The zero-order chi connectivity index (χ0) is 24.2. The van der Waals surface area contributed by atoms with Gasteiger partial charge in [-0.1, -0.05) is 69.5 Å². The second kappa shape index (κ2) is 10.3. The normalized spacial score (nSPS) is 14.5. The highest BCUT2D eigenvalue weighted by Gasteiger charge is 2.33. The van der Waals surface area contributed by atoms with Gasteiger partial charge in [0, 0.05) is 9.50 Å². The van der Waals surface area contributed by atoms with Crippen LogP contribution in [0.15, 0.2) is 70.8 Å². The summed E-state index contributed by atoms with van der Waals surface area (Å²) in [6.45, 7) is 2.50. The number of urea groups is 1. The van der Waals surface area contributed by atoms with E-state index < -0.39 is 6.03 Å². The molecule has 0 aromatic heterocycles. The minimum Gasteiger partial charge on any atom is -0.493 e. The Labute approximate surface area is 211 Å². The molecule has 3 aromatic carbocycles. The minimum absolute atomic E-state index is 0.190. The summed E-state index contributed by atoms with van der Waals surface area (Å²) in [5, 5.41) is 3.32. The fourth-order valence-electron chi connectivity index (χ4n) is 3.54. The Balaban J connectivity index is 1.53. The van der Waals surface area contributed by atoms with Crippen LogP contribution in [0.5, 0.6) is 11.5 Å². The number of carbonyl (C=O) groups excluding carboxylic acids is 2. The molecule has 8 heteroatoms. The maximum absolute atomic E-state index is 12.9. The van der Waals surface area contributed by atoms with Crippen molar-refractivity contribution in [2.24, 2.45) is 0 Å². The van der Waals surface area contributed by atoms with Crippen molar-refractivity contribution in [1.29, 1.82) is 0 Å². The first-order valence-electron chi connectivity index (χ1n) is 10.5. The highest BCUT2D eigenvalue weighted by Crippen LogP contribution is 2.35. The number of imide groups is 1. The van der Waals surface area contributed by atoms with Crippen LogP contribution < -0.4 is 14.8 Å². The van der Waals surface area contributed by atoms with Gasteiger partial charge in [0.2, 0.25) is 0 Å².